The Kier molecular flexibility index (Phi) is 4.41. The van der Waals surface area contributed by atoms with E-state index in [0.717, 1.165) is 25.1 Å². The van der Waals surface area contributed by atoms with Crippen LogP contribution in [0.1, 0.15) is 18.4 Å². The second-order valence-corrected chi connectivity index (χ2v) is 5.08. The molecule has 1 aliphatic rings. The summed E-state index contributed by atoms with van der Waals surface area (Å²) in [5.74, 6) is 0.623. The summed E-state index contributed by atoms with van der Waals surface area (Å²) < 4.78 is 38.1. The van der Waals surface area contributed by atoms with E-state index in [1.807, 2.05) is 11.9 Å². The zero-order valence-electron chi connectivity index (χ0n) is 11.2. The lowest BCUT2D eigenvalue weighted by Crippen LogP contribution is -2.21. The lowest BCUT2D eigenvalue weighted by atomic mass is 10.2. The fourth-order valence-corrected chi connectivity index (χ4v) is 2.25. The third-order valence-electron chi connectivity index (χ3n) is 3.09. The van der Waals surface area contributed by atoms with Crippen molar-refractivity contribution in [3.8, 4) is 0 Å². The Balaban J connectivity index is 2.15. The Morgan fingerprint density at radius 1 is 1.43 bits per heavy atom. The molecule has 4 nitrogen and oxygen atoms in total. The molecule has 0 unspecified atom stereocenters. The molecule has 0 bridgehead atoms. The Hall–Kier alpha value is -1.76. The second kappa shape index (κ2) is 5.93. The fourth-order valence-electron chi connectivity index (χ4n) is 2.02. The van der Waals surface area contributed by atoms with Gasteiger partial charge in [-0.25, -0.2) is 4.79 Å². The van der Waals surface area contributed by atoms with Crippen LogP contribution in [0, 0.1) is 0 Å². The zero-order valence-corrected chi connectivity index (χ0v) is 11.9. The van der Waals surface area contributed by atoms with Crippen LogP contribution in [0.3, 0.4) is 0 Å². The number of hydrogen-bond acceptors (Lipinski definition) is 1. The first-order valence-corrected chi connectivity index (χ1v) is 6.61. The largest absolute Gasteiger partial charge is 0.417 e. The van der Waals surface area contributed by atoms with E-state index in [-0.39, 0.29) is 5.69 Å². The van der Waals surface area contributed by atoms with Crippen LogP contribution in [-0.2, 0) is 6.18 Å². The molecule has 1 fully saturated rings. The zero-order chi connectivity index (χ0) is 15.6. The van der Waals surface area contributed by atoms with Crippen molar-refractivity contribution in [3.63, 3.8) is 0 Å². The van der Waals surface area contributed by atoms with Gasteiger partial charge in [-0.15, -0.1) is 0 Å². The van der Waals surface area contributed by atoms with Gasteiger partial charge in [0.1, 0.15) is 5.84 Å². The third kappa shape index (κ3) is 3.87. The molecule has 1 heterocycles. The summed E-state index contributed by atoms with van der Waals surface area (Å²) in [6.45, 7) is 0.811. The Labute approximate surface area is 124 Å². The van der Waals surface area contributed by atoms with Gasteiger partial charge in [-0.05, 0) is 24.6 Å². The van der Waals surface area contributed by atoms with E-state index in [2.05, 4.69) is 10.3 Å². The van der Waals surface area contributed by atoms with Crippen molar-refractivity contribution in [2.75, 3.05) is 18.9 Å². The number of anilines is 1. The summed E-state index contributed by atoms with van der Waals surface area (Å²) in [7, 11) is 1.81. The topological polar surface area (TPSA) is 44.7 Å². The molecule has 1 saturated heterocycles. The average molecular weight is 320 g/mol. The van der Waals surface area contributed by atoms with Crippen molar-refractivity contribution in [1.82, 2.24) is 4.90 Å². The first-order valence-electron chi connectivity index (χ1n) is 6.24. The maximum absolute atomic E-state index is 12.7. The van der Waals surface area contributed by atoms with Gasteiger partial charge in [-0.2, -0.15) is 18.2 Å². The summed E-state index contributed by atoms with van der Waals surface area (Å²) in [6.07, 6.45) is -2.99. The van der Waals surface area contributed by atoms with Crippen LogP contribution in [0.15, 0.2) is 23.2 Å². The second-order valence-electron chi connectivity index (χ2n) is 4.68. The van der Waals surface area contributed by atoms with Crippen molar-refractivity contribution in [3.05, 3.63) is 28.8 Å². The first-order chi connectivity index (χ1) is 9.77. The SMILES string of the molecule is CN1CCC/C1=N/C(=O)Nc1ccc(Cl)c(C(F)(F)F)c1. The molecule has 1 aromatic rings. The molecule has 0 saturated carbocycles. The number of rotatable bonds is 1. The number of likely N-dealkylation sites (tertiary alicyclic amines) is 1. The number of benzene rings is 1. The van der Waals surface area contributed by atoms with E-state index in [0.29, 0.717) is 12.3 Å². The highest BCUT2D eigenvalue weighted by Crippen LogP contribution is 2.36. The van der Waals surface area contributed by atoms with Gasteiger partial charge < -0.3 is 10.2 Å². The highest BCUT2D eigenvalue weighted by molar-refractivity contribution is 6.31. The van der Waals surface area contributed by atoms with Crippen LogP contribution in [-0.4, -0.2) is 30.4 Å². The predicted molar refractivity (Wildman–Crippen MR) is 74.8 cm³/mol. The van der Waals surface area contributed by atoms with Crippen LogP contribution in [0.4, 0.5) is 23.7 Å². The molecule has 1 N–H and O–H groups in total. The van der Waals surface area contributed by atoms with E-state index < -0.39 is 22.8 Å². The van der Waals surface area contributed by atoms with Gasteiger partial charge >= 0.3 is 12.2 Å². The maximum atomic E-state index is 12.7. The van der Waals surface area contributed by atoms with E-state index in [1.165, 1.54) is 6.07 Å². The van der Waals surface area contributed by atoms with Crippen LogP contribution in [0.25, 0.3) is 0 Å². The van der Waals surface area contributed by atoms with Crippen LogP contribution in [0.5, 0.6) is 0 Å². The minimum Gasteiger partial charge on any atom is -0.363 e. The molecule has 2 amide bonds. The third-order valence-corrected chi connectivity index (χ3v) is 3.42. The summed E-state index contributed by atoms with van der Waals surface area (Å²) in [4.78, 5) is 17.4. The first kappa shape index (κ1) is 15.6. The van der Waals surface area contributed by atoms with Gasteiger partial charge in [0.2, 0.25) is 0 Å². The number of nitrogens with one attached hydrogen (secondary N) is 1. The quantitative estimate of drug-likeness (QED) is 0.850. The normalized spacial score (nSPS) is 17.4. The molecule has 1 aromatic carbocycles. The van der Waals surface area contributed by atoms with Gasteiger partial charge in [-0.3, -0.25) is 0 Å². The molecule has 0 spiro atoms. The van der Waals surface area contributed by atoms with E-state index >= 15 is 0 Å². The molecule has 0 atom stereocenters. The minimum absolute atomic E-state index is 0.00160. The molecule has 114 valence electrons. The van der Waals surface area contributed by atoms with Crippen LogP contribution < -0.4 is 5.32 Å². The number of urea groups is 1. The molecule has 21 heavy (non-hydrogen) atoms. The van der Waals surface area contributed by atoms with Gasteiger partial charge in [0, 0.05) is 25.7 Å². The number of amidine groups is 1. The maximum Gasteiger partial charge on any atom is 0.417 e. The minimum atomic E-state index is -4.57. The Morgan fingerprint density at radius 2 is 2.14 bits per heavy atom. The average Bonchev–Trinajstić information content (AvgIpc) is 2.76. The molecule has 0 radical (unpaired) electrons. The molecule has 1 aliphatic heterocycles. The van der Waals surface area contributed by atoms with E-state index in [4.69, 9.17) is 11.6 Å². The lowest BCUT2D eigenvalue weighted by molar-refractivity contribution is -0.137. The van der Waals surface area contributed by atoms with E-state index in [1.54, 1.807) is 0 Å². The molecule has 0 aromatic heterocycles. The standard InChI is InChI=1S/C13H13ClF3N3O/c1-20-6-2-3-11(20)19-12(21)18-8-4-5-10(14)9(7-8)13(15,16)17/h4-5,7H,2-3,6H2,1H3,(H,18,21)/b19-11-. The monoisotopic (exact) mass is 319 g/mol. The predicted octanol–water partition coefficient (Wildman–Crippen LogP) is 4.01. The Bertz CT molecular complexity index is 587. The molecule has 8 heteroatoms. The highest BCUT2D eigenvalue weighted by Gasteiger charge is 2.33. The summed E-state index contributed by atoms with van der Waals surface area (Å²) >= 11 is 5.51. The van der Waals surface area contributed by atoms with Crippen molar-refractivity contribution in [1.29, 1.82) is 0 Å². The summed E-state index contributed by atoms with van der Waals surface area (Å²) in [6, 6.07) is 2.48. The summed E-state index contributed by atoms with van der Waals surface area (Å²) in [5.41, 5.74) is -0.991. The van der Waals surface area contributed by atoms with Gasteiger partial charge in [0.05, 0.1) is 10.6 Å². The number of aliphatic imine (C=N–C) groups is 1. The van der Waals surface area contributed by atoms with Crippen molar-refractivity contribution in [2.24, 2.45) is 4.99 Å². The number of hydrogen-bond donors (Lipinski definition) is 1. The van der Waals surface area contributed by atoms with Crippen molar-refractivity contribution in [2.45, 2.75) is 19.0 Å². The number of amides is 2. The van der Waals surface area contributed by atoms with Gasteiger partial charge in [0.15, 0.2) is 0 Å². The lowest BCUT2D eigenvalue weighted by Gasteiger charge is -2.12. The van der Waals surface area contributed by atoms with Crippen molar-refractivity contribution >= 4 is 29.2 Å². The van der Waals surface area contributed by atoms with Crippen molar-refractivity contribution < 1.29 is 18.0 Å². The molecule has 0 aliphatic carbocycles. The van der Waals surface area contributed by atoms with Gasteiger partial charge in [-0.1, -0.05) is 11.6 Å². The number of carbonyl (C=O) groups excluding carboxylic acids is 1. The van der Waals surface area contributed by atoms with E-state index in [9.17, 15) is 18.0 Å². The molecular weight excluding hydrogens is 307 g/mol. The Morgan fingerprint density at radius 3 is 2.71 bits per heavy atom. The number of alkyl halides is 3. The van der Waals surface area contributed by atoms with Gasteiger partial charge in [0.25, 0.3) is 0 Å². The number of carbonyl (C=O) groups is 1. The number of nitrogens with zero attached hydrogens (tertiary/aromatic N) is 2. The summed E-state index contributed by atoms with van der Waals surface area (Å²) in [5, 5.41) is 1.90. The smallest absolute Gasteiger partial charge is 0.363 e. The number of halogens is 4. The van der Waals surface area contributed by atoms with Crippen LogP contribution >= 0.6 is 11.6 Å². The fraction of sp³-hybridized carbons (Fsp3) is 0.385. The highest BCUT2D eigenvalue weighted by atomic mass is 35.5. The van der Waals surface area contributed by atoms with Crippen LogP contribution in [0.2, 0.25) is 5.02 Å². The molecule has 2 rings (SSSR count). The molecular formula is C13H13ClF3N3O.